The first kappa shape index (κ1) is 19.4. The van der Waals surface area contributed by atoms with Crippen molar-refractivity contribution in [2.24, 2.45) is 0 Å². The predicted molar refractivity (Wildman–Crippen MR) is 108 cm³/mol. The lowest BCUT2D eigenvalue weighted by molar-refractivity contribution is 0.325. The van der Waals surface area contributed by atoms with Gasteiger partial charge in [-0.3, -0.25) is 4.90 Å². The average molecular weight is 438 g/mol. The Morgan fingerprint density at radius 2 is 1.88 bits per heavy atom. The van der Waals surface area contributed by atoms with Gasteiger partial charge < -0.3 is 4.74 Å². The van der Waals surface area contributed by atoms with E-state index < -0.39 is 9.84 Å². The van der Waals surface area contributed by atoms with Crippen molar-refractivity contribution in [3.8, 4) is 11.5 Å². The van der Waals surface area contributed by atoms with Gasteiger partial charge in [-0.05, 0) is 72.5 Å². The number of benzene rings is 2. The number of para-hydroxylation sites is 1. The third kappa shape index (κ3) is 4.30. The molecule has 0 N–H and O–H groups in total. The zero-order valence-corrected chi connectivity index (χ0v) is 17.6. The van der Waals surface area contributed by atoms with Crippen LogP contribution in [0.15, 0.2) is 45.8 Å². The van der Waals surface area contributed by atoms with E-state index in [1.165, 1.54) is 12.8 Å². The Balaban J connectivity index is 1.89. The zero-order chi connectivity index (χ0) is 18.7. The van der Waals surface area contributed by atoms with Crippen LogP contribution in [0.5, 0.6) is 11.5 Å². The molecule has 26 heavy (non-hydrogen) atoms. The van der Waals surface area contributed by atoms with E-state index in [1.54, 1.807) is 25.1 Å². The van der Waals surface area contributed by atoms with Crippen LogP contribution in [0.3, 0.4) is 0 Å². The quantitative estimate of drug-likeness (QED) is 0.641. The summed E-state index contributed by atoms with van der Waals surface area (Å²) in [5.74, 6) is 1.56. The van der Waals surface area contributed by atoms with Crippen LogP contribution >= 0.6 is 15.9 Å². The van der Waals surface area contributed by atoms with Gasteiger partial charge in [-0.15, -0.1) is 0 Å². The van der Waals surface area contributed by atoms with Crippen molar-refractivity contribution in [1.82, 2.24) is 4.90 Å². The summed E-state index contributed by atoms with van der Waals surface area (Å²) in [6.07, 6.45) is 2.50. The molecule has 1 heterocycles. The lowest BCUT2D eigenvalue weighted by atomic mass is 10.1. The second kappa shape index (κ2) is 8.11. The van der Waals surface area contributed by atoms with E-state index in [0.717, 1.165) is 36.5 Å². The van der Waals surface area contributed by atoms with E-state index >= 15 is 0 Å². The SMILES string of the molecule is CCS(=O)(=O)c1ccc(Oc2c(C)cccc2CN2CCCC2)c(Br)c1. The standard InChI is InChI=1S/C20H24BrNO3S/c1-3-26(23,24)17-9-10-19(18(21)13-17)25-20-15(2)7-6-8-16(20)14-22-11-4-5-12-22/h6-10,13H,3-5,11-12,14H2,1-2H3. The molecule has 0 bridgehead atoms. The molecule has 0 radical (unpaired) electrons. The minimum absolute atomic E-state index is 0.0808. The molecule has 6 heteroatoms. The molecule has 1 fully saturated rings. The van der Waals surface area contributed by atoms with Gasteiger partial charge in [0.2, 0.25) is 0 Å². The van der Waals surface area contributed by atoms with Gasteiger partial charge in [0.25, 0.3) is 0 Å². The van der Waals surface area contributed by atoms with Crippen LogP contribution in [0.2, 0.25) is 0 Å². The lowest BCUT2D eigenvalue weighted by Gasteiger charge is -2.19. The van der Waals surface area contributed by atoms with Crippen LogP contribution in [0.4, 0.5) is 0 Å². The van der Waals surface area contributed by atoms with Gasteiger partial charge in [-0.2, -0.15) is 0 Å². The Labute approximate surface area is 164 Å². The van der Waals surface area contributed by atoms with E-state index in [2.05, 4.69) is 33.0 Å². The molecule has 2 aromatic carbocycles. The topological polar surface area (TPSA) is 46.6 Å². The Morgan fingerprint density at radius 3 is 2.54 bits per heavy atom. The molecule has 4 nitrogen and oxygen atoms in total. The molecule has 1 aliphatic rings. The summed E-state index contributed by atoms with van der Waals surface area (Å²) in [7, 11) is -3.23. The minimum Gasteiger partial charge on any atom is -0.456 e. The highest BCUT2D eigenvalue weighted by Crippen LogP contribution is 2.36. The number of rotatable bonds is 6. The summed E-state index contributed by atoms with van der Waals surface area (Å²) in [6.45, 7) is 6.80. The molecule has 0 amide bonds. The van der Waals surface area contributed by atoms with Crippen LogP contribution in [0.1, 0.15) is 30.9 Å². The fraction of sp³-hybridized carbons (Fsp3) is 0.400. The fourth-order valence-corrected chi connectivity index (χ4v) is 4.72. The van der Waals surface area contributed by atoms with E-state index in [4.69, 9.17) is 4.74 Å². The monoisotopic (exact) mass is 437 g/mol. The molecular formula is C20H24BrNO3S. The maximum Gasteiger partial charge on any atom is 0.178 e. The first-order valence-electron chi connectivity index (χ1n) is 8.91. The summed E-state index contributed by atoms with van der Waals surface area (Å²) >= 11 is 3.46. The van der Waals surface area contributed by atoms with E-state index in [-0.39, 0.29) is 5.75 Å². The Morgan fingerprint density at radius 1 is 1.15 bits per heavy atom. The minimum atomic E-state index is -3.23. The number of halogens is 1. The highest BCUT2D eigenvalue weighted by molar-refractivity contribution is 9.10. The maximum atomic E-state index is 12.1. The molecule has 0 unspecified atom stereocenters. The van der Waals surface area contributed by atoms with Crippen molar-refractivity contribution in [3.63, 3.8) is 0 Å². The van der Waals surface area contributed by atoms with Gasteiger partial charge in [0.15, 0.2) is 9.84 Å². The van der Waals surface area contributed by atoms with Crippen molar-refractivity contribution in [2.75, 3.05) is 18.8 Å². The van der Waals surface area contributed by atoms with Crippen LogP contribution in [-0.4, -0.2) is 32.2 Å². The lowest BCUT2D eigenvalue weighted by Crippen LogP contribution is -2.18. The molecule has 0 saturated carbocycles. The third-order valence-electron chi connectivity index (χ3n) is 4.74. The molecule has 2 aromatic rings. The smallest absolute Gasteiger partial charge is 0.178 e. The molecule has 1 aliphatic heterocycles. The Kier molecular flexibility index (Phi) is 6.05. The molecular weight excluding hydrogens is 414 g/mol. The Bertz CT molecular complexity index is 890. The molecule has 0 spiro atoms. The van der Waals surface area contributed by atoms with Gasteiger partial charge in [0, 0.05) is 12.1 Å². The van der Waals surface area contributed by atoms with Crippen LogP contribution in [0.25, 0.3) is 0 Å². The van der Waals surface area contributed by atoms with E-state index in [1.807, 2.05) is 13.0 Å². The highest BCUT2D eigenvalue weighted by atomic mass is 79.9. The van der Waals surface area contributed by atoms with Gasteiger partial charge in [-0.1, -0.05) is 25.1 Å². The number of ether oxygens (including phenoxy) is 1. The van der Waals surface area contributed by atoms with Gasteiger partial charge in [-0.25, -0.2) is 8.42 Å². The first-order chi connectivity index (χ1) is 12.4. The number of likely N-dealkylation sites (tertiary alicyclic amines) is 1. The zero-order valence-electron chi connectivity index (χ0n) is 15.2. The van der Waals surface area contributed by atoms with Crippen LogP contribution in [-0.2, 0) is 16.4 Å². The second-order valence-electron chi connectivity index (χ2n) is 6.64. The normalized spacial score (nSPS) is 15.3. The molecule has 140 valence electrons. The van der Waals surface area contributed by atoms with Crippen molar-refractivity contribution in [3.05, 3.63) is 52.0 Å². The molecule has 1 saturated heterocycles. The third-order valence-corrected chi connectivity index (χ3v) is 7.09. The van der Waals surface area contributed by atoms with Gasteiger partial charge >= 0.3 is 0 Å². The second-order valence-corrected chi connectivity index (χ2v) is 9.78. The van der Waals surface area contributed by atoms with Crippen LogP contribution < -0.4 is 4.74 Å². The fourth-order valence-electron chi connectivity index (χ4n) is 3.20. The number of aryl methyl sites for hydroxylation is 1. The predicted octanol–water partition coefficient (Wildman–Crippen LogP) is 4.94. The summed E-state index contributed by atoms with van der Waals surface area (Å²) < 4.78 is 31.0. The Hall–Kier alpha value is -1.37. The highest BCUT2D eigenvalue weighted by Gasteiger charge is 2.18. The summed E-state index contributed by atoms with van der Waals surface area (Å²) in [5.41, 5.74) is 2.22. The summed E-state index contributed by atoms with van der Waals surface area (Å²) in [4.78, 5) is 2.74. The van der Waals surface area contributed by atoms with E-state index in [9.17, 15) is 8.42 Å². The van der Waals surface area contributed by atoms with Crippen molar-refractivity contribution in [2.45, 2.75) is 38.1 Å². The number of hydrogen-bond acceptors (Lipinski definition) is 4. The van der Waals surface area contributed by atoms with Crippen molar-refractivity contribution < 1.29 is 13.2 Å². The molecule has 0 aromatic heterocycles. The maximum absolute atomic E-state index is 12.1. The average Bonchev–Trinajstić information content (AvgIpc) is 3.12. The summed E-state index contributed by atoms with van der Waals surface area (Å²) in [6, 6.07) is 11.1. The van der Waals surface area contributed by atoms with Crippen molar-refractivity contribution >= 4 is 25.8 Å². The van der Waals surface area contributed by atoms with Crippen molar-refractivity contribution in [1.29, 1.82) is 0 Å². The largest absolute Gasteiger partial charge is 0.456 e. The number of hydrogen-bond donors (Lipinski definition) is 0. The molecule has 0 aliphatic carbocycles. The summed E-state index contributed by atoms with van der Waals surface area (Å²) in [5, 5.41) is 0. The first-order valence-corrected chi connectivity index (χ1v) is 11.4. The van der Waals surface area contributed by atoms with E-state index in [0.29, 0.717) is 15.1 Å². The number of sulfone groups is 1. The number of nitrogens with zero attached hydrogens (tertiary/aromatic N) is 1. The van der Waals surface area contributed by atoms with Gasteiger partial charge in [0.1, 0.15) is 11.5 Å². The van der Waals surface area contributed by atoms with Crippen LogP contribution in [0, 0.1) is 6.92 Å². The van der Waals surface area contributed by atoms with Gasteiger partial charge in [0.05, 0.1) is 15.1 Å². The molecule has 0 atom stereocenters. The molecule has 3 rings (SSSR count).